The van der Waals surface area contributed by atoms with E-state index in [9.17, 15) is 9.59 Å². The van der Waals surface area contributed by atoms with Crippen molar-refractivity contribution in [1.82, 2.24) is 0 Å². The normalized spacial score (nSPS) is 9.73. The zero-order valence-electron chi connectivity index (χ0n) is 8.70. The Morgan fingerprint density at radius 3 is 2.60 bits per heavy atom. The number of amides is 1. The lowest BCUT2D eigenvalue weighted by Crippen LogP contribution is -2.13. The maximum atomic E-state index is 11.1. The van der Waals surface area contributed by atoms with E-state index in [2.05, 4.69) is 5.32 Å². The summed E-state index contributed by atoms with van der Waals surface area (Å²) in [6.45, 7) is 3.52. The molecule has 0 radical (unpaired) electrons. The summed E-state index contributed by atoms with van der Waals surface area (Å²) in [5.41, 5.74) is 1.32. The van der Waals surface area contributed by atoms with Gasteiger partial charge in [0.1, 0.15) is 0 Å². The molecule has 15 heavy (non-hydrogen) atoms. The van der Waals surface area contributed by atoms with Crippen LogP contribution in [0.15, 0.2) is 18.2 Å². The number of rotatable bonds is 3. The van der Waals surface area contributed by atoms with Crippen molar-refractivity contribution in [1.29, 1.82) is 0 Å². The van der Waals surface area contributed by atoms with Crippen LogP contribution in [0.4, 0.5) is 5.69 Å². The standard InChI is InChI=1S/C11H13NO3/c1-3-10(13)12-9-5-4-7(2)6-8(9)11(14)15/h4-6H,3H2,1-2H3,(H,12,13)(H,14,15). The average Bonchev–Trinajstić information content (AvgIpc) is 2.20. The van der Waals surface area contributed by atoms with Gasteiger partial charge in [-0.3, -0.25) is 4.79 Å². The summed E-state index contributed by atoms with van der Waals surface area (Å²) in [7, 11) is 0. The van der Waals surface area contributed by atoms with Crippen LogP contribution < -0.4 is 5.32 Å². The van der Waals surface area contributed by atoms with Gasteiger partial charge in [-0.15, -0.1) is 0 Å². The predicted molar refractivity (Wildman–Crippen MR) is 57.1 cm³/mol. The van der Waals surface area contributed by atoms with E-state index in [0.29, 0.717) is 12.1 Å². The van der Waals surface area contributed by atoms with E-state index in [-0.39, 0.29) is 11.5 Å². The molecule has 4 heteroatoms. The fraction of sp³-hybridized carbons (Fsp3) is 0.273. The zero-order chi connectivity index (χ0) is 11.4. The molecule has 0 unspecified atom stereocenters. The molecule has 0 heterocycles. The number of carboxylic acids is 1. The Morgan fingerprint density at radius 2 is 2.07 bits per heavy atom. The van der Waals surface area contributed by atoms with Crippen LogP contribution in [-0.2, 0) is 4.79 Å². The van der Waals surface area contributed by atoms with Crippen LogP contribution in [0.2, 0.25) is 0 Å². The first-order valence-electron chi connectivity index (χ1n) is 4.68. The van der Waals surface area contributed by atoms with Crippen LogP contribution in [-0.4, -0.2) is 17.0 Å². The van der Waals surface area contributed by atoms with Gasteiger partial charge in [-0.1, -0.05) is 18.6 Å². The van der Waals surface area contributed by atoms with Gasteiger partial charge in [-0.25, -0.2) is 4.79 Å². The lowest BCUT2D eigenvalue weighted by atomic mass is 10.1. The monoisotopic (exact) mass is 207 g/mol. The second-order valence-corrected chi connectivity index (χ2v) is 3.26. The number of hydrogen-bond acceptors (Lipinski definition) is 2. The number of carbonyl (C=O) groups excluding carboxylic acids is 1. The van der Waals surface area contributed by atoms with Crippen LogP contribution in [0.5, 0.6) is 0 Å². The van der Waals surface area contributed by atoms with Gasteiger partial charge in [0.2, 0.25) is 5.91 Å². The molecule has 1 aromatic rings. The van der Waals surface area contributed by atoms with E-state index < -0.39 is 5.97 Å². The first-order chi connectivity index (χ1) is 7.04. The molecule has 0 aliphatic heterocycles. The molecule has 0 aliphatic carbocycles. The molecule has 1 aromatic carbocycles. The molecular formula is C11H13NO3. The van der Waals surface area contributed by atoms with Gasteiger partial charge < -0.3 is 10.4 Å². The minimum atomic E-state index is -1.04. The molecule has 0 bridgehead atoms. The van der Waals surface area contributed by atoms with Gasteiger partial charge in [-0.2, -0.15) is 0 Å². The summed E-state index contributed by atoms with van der Waals surface area (Å²) in [5, 5.41) is 11.5. The van der Waals surface area contributed by atoms with Crippen LogP contribution >= 0.6 is 0 Å². The summed E-state index contributed by atoms with van der Waals surface area (Å²) in [5.74, 6) is -1.23. The maximum absolute atomic E-state index is 11.1. The molecule has 0 spiro atoms. The number of nitrogens with one attached hydrogen (secondary N) is 1. The van der Waals surface area contributed by atoms with Gasteiger partial charge in [0.15, 0.2) is 0 Å². The van der Waals surface area contributed by atoms with Crippen molar-refractivity contribution in [3.8, 4) is 0 Å². The number of carbonyl (C=O) groups is 2. The van der Waals surface area contributed by atoms with E-state index in [1.807, 2.05) is 0 Å². The fourth-order valence-corrected chi connectivity index (χ4v) is 1.18. The highest BCUT2D eigenvalue weighted by Gasteiger charge is 2.11. The van der Waals surface area contributed by atoms with Crippen LogP contribution in [0.3, 0.4) is 0 Å². The summed E-state index contributed by atoms with van der Waals surface area (Å²) in [6.07, 6.45) is 0.326. The third kappa shape index (κ3) is 2.80. The average molecular weight is 207 g/mol. The number of anilines is 1. The molecule has 1 amide bonds. The third-order valence-electron chi connectivity index (χ3n) is 2.00. The highest BCUT2D eigenvalue weighted by Crippen LogP contribution is 2.17. The van der Waals surface area contributed by atoms with E-state index in [0.717, 1.165) is 5.56 Å². The molecule has 4 nitrogen and oxygen atoms in total. The highest BCUT2D eigenvalue weighted by molar-refractivity contribution is 6.00. The zero-order valence-corrected chi connectivity index (χ0v) is 8.70. The lowest BCUT2D eigenvalue weighted by molar-refractivity contribution is -0.115. The number of aromatic carboxylic acids is 1. The second-order valence-electron chi connectivity index (χ2n) is 3.26. The van der Waals surface area contributed by atoms with E-state index >= 15 is 0 Å². The van der Waals surface area contributed by atoms with Crippen molar-refractivity contribution < 1.29 is 14.7 Å². The largest absolute Gasteiger partial charge is 0.478 e. The molecule has 1 rings (SSSR count). The molecule has 0 atom stereocenters. The van der Waals surface area contributed by atoms with Crippen molar-refractivity contribution in [3.63, 3.8) is 0 Å². The van der Waals surface area contributed by atoms with Gasteiger partial charge in [-0.05, 0) is 19.1 Å². The Balaban J connectivity index is 3.06. The van der Waals surface area contributed by atoms with Gasteiger partial charge in [0.25, 0.3) is 0 Å². The fourth-order valence-electron chi connectivity index (χ4n) is 1.18. The van der Waals surface area contributed by atoms with Gasteiger partial charge >= 0.3 is 5.97 Å². The predicted octanol–water partition coefficient (Wildman–Crippen LogP) is 2.04. The quantitative estimate of drug-likeness (QED) is 0.797. The molecule has 0 fully saturated rings. The highest BCUT2D eigenvalue weighted by atomic mass is 16.4. The summed E-state index contributed by atoms with van der Waals surface area (Å²) >= 11 is 0. The molecule has 0 saturated heterocycles. The Hall–Kier alpha value is -1.84. The smallest absolute Gasteiger partial charge is 0.337 e. The molecule has 0 aliphatic rings. The van der Waals surface area contributed by atoms with Crippen LogP contribution in [0.1, 0.15) is 29.3 Å². The van der Waals surface area contributed by atoms with E-state index in [1.54, 1.807) is 26.0 Å². The van der Waals surface area contributed by atoms with E-state index in [1.165, 1.54) is 6.07 Å². The van der Waals surface area contributed by atoms with Crippen LogP contribution in [0, 0.1) is 6.92 Å². The number of carboxylic acid groups (broad SMARTS) is 1. The summed E-state index contributed by atoms with van der Waals surface area (Å²) in [4.78, 5) is 22.0. The SMILES string of the molecule is CCC(=O)Nc1ccc(C)cc1C(=O)O. The Kier molecular flexibility index (Phi) is 3.44. The molecule has 80 valence electrons. The number of aryl methyl sites for hydroxylation is 1. The Labute approximate surface area is 87.9 Å². The Bertz CT molecular complexity index is 399. The first-order valence-corrected chi connectivity index (χ1v) is 4.68. The Morgan fingerprint density at radius 1 is 1.40 bits per heavy atom. The summed E-state index contributed by atoms with van der Waals surface area (Å²) < 4.78 is 0. The molecular weight excluding hydrogens is 194 g/mol. The number of benzene rings is 1. The molecule has 2 N–H and O–H groups in total. The summed E-state index contributed by atoms with van der Waals surface area (Å²) in [6, 6.07) is 4.90. The van der Waals surface area contributed by atoms with Crippen molar-refractivity contribution in [3.05, 3.63) is 29.3 Å². The van der Waals surface area contributed by atoms with Crippen LogP contribution in [0.25, 0.3) is 0 Å². The molecule has 0 saturated carbocycles. The molecule has 0 aromatic heterocycles. The van der Waals surface area contributed by atoms with E-state index in [4.69, 9.17) is 5.11 Å². The third-order valence-corrected chi connectivity index (χ3v) is 2.00. The number of hydrogen-bond donors (Lipinski definition) is 2. The topological polar surface area (TPSA) is 66.4 Å². The lowest BCUT2D eigenvalue weighted by Gasteiger charge is -2.07. The van der Waals surface area contributed by atoms with Crippen molar-refractivity contribution in [2.24, 2.45) is 0 Å². The second kappa shape index (κ2) is 4.59. The minimum Gasteiger partial charge on any atom is -0.478 e. The van der Waals surface area contributed by atoms with Gasteiger partial charge in [0.05, 0.1) is 11.3 Å². The van der Waals surface area contributed by atoms with Crippen molar-refractivity contribution >= 4 is 17.6 Å². The first kappa shape index (κ1) is 11.2. The van der Waals surface area contributed by atoms with Crippen molar-refractivity contribution in [2.75, 3.05) is 5.32 Å². The van der Waals surface area contributed by atoms with Crippen molar-refractivity contribution in [2.45, 2.75) is 20.3 Å². The maximum Gasteiger partial charge on any atom is 0.337 e. The minimum absolute atomic E-state index is 0.122. The van der Waals surface area contributed by atoms with Gasteiger partial charge in [0, 0.05) is 6.42 Å².